The number of benzene rings is 2. The Labute approximate surface area is 202 Å². The van der Waals surface area contributed by atoms with Gasteiger partial charge < -0.3 is 24.4 Å². The Morgan fingerprint density at radius 1 is 1.12 bits per heavy atom. The smallest absolute Gasteiger partial charge is 0.295 e. The predicted molar refractivity (Wildman–Crippen MR) is 130 cm³/mol. The number of Topliss-reactive ketones (excluding diaryl/α,β-unsaturated/α-hetero) is 1. The summed E-state index contributed by atoms with van der Waals surface area (Å²) in [5, 5.41) is 11.1. The molecular formula is C25H29BrN2O5. The standard InChI is InChI=1S/C25H29BrN2O5/c1-5-33-19-12-9-17(15-20(19)32-4)22-21(23(29)16-7-10-18(26)11-8-16)24(30)25(31)28(22)14-6-13-27(2)3/h7-12,15,22,29H,5-6,13-14H2,1-4H3/b23-21-. The van der Waals surface area contributed by atoms with Gasteiger partial charge in [-0.05, 0) is 63.8 Å². The highest BCUT2D eigenvalue weighted by atomic mass is 79.9. The van der Waals surface area contributed by atoms with Gasteiger partial charge in [0.15, 0.2) is 11.5 Å². The SMILES string of the molecule is CCOc1ccc(C2/C(=C(/O)c3ccc(Br)cc3)C(=O)C(=O)N2CCCN(C)C)cc1OC. The maximum atomic E-state index is 13.1. The van der Waals surface area contributed by atoms with E-state index in [2.05, 4.69) is 15.9 Å². The third-order valence-corrected chi connectivity index (χ3v) is 5.99. The molecule has 1 aliphatic heterocycles. The van der Waals surface area contributed by atoms with Gasteiger partial charge in [-0.2, -0.15) is 0 Å². The van der Waals surface area contributed by atoms with Crippen molar-refractivity contribution in [2.24, 2.45) is 0 Å². The second-order valence-electron chi connectivity index (χ2n) is 8.00. The van der Waals surface area contributed by atoms with E-state index < -0.39 is 17.7 Å². The fraction of sp³-hybridized carbons (Fsp3) is 0.360. The summed E-state index contributed by atoms with van der Waals surface area (Å²) in [6, 6.07) is 11.5. The molecule has 0 aromatic heterocycles. The van der Waals surface area contributed by atoms with Crippen molar-refractivity contribution < 1.29 is 24.2 Å². The van der Waals surface area contributed by atoms with E-state index in [1.165, 1.54) is 12.0 Å². The molecule has 1 saturated heterocycles. The number of halogens is 1. The van der Waals surface area contributed by atoms with Crippen LogP contribution in [0.15, 0.2) is 52.5 Å². The number of aliphatic hydroxyl groups is 1. The van der Waals surface area contributed by atoms with Gasteiger partial charge >= 0.3 is 0 Å². The summed E-state index contributed by atoms with van der Waals surface area (Å²) in [6.07, 6.45) is 0.684. The van der Waals surface area contributed by atoms with E-state index in [-0.39, 0.29) is 11.3 Å². The van der Waals surface area contributed by atoms with Gasteiger partial charge in [0.1, 0.15) is 5.76 Å². The van der Waals surface area contributed by atoms with Crippen LogP contribution in [0.1, 0.15) is 30.5 Å². The topological polar surface area (TPSA) is 79.3 Å². The molecule has 0 saturated carbocycles. The average molecular weight is 517 g/mol. The van der Waals surface area contributed by atoms with E-state index in [0.29, 0.717) is 42.2 Å². The zero-order valence-electron chi connectivity index (χ0n) is 19.3. The second-order valence-corrected chi connectivity index (χ2v) is 8.92. The normalized spacial score (nSPS) is 17.6. The lowest BCUT2D eigenvalue weighted by Gasteiger charge is -2.26. The zero-order valence-corrected chi connectivity index (χ0v) is 20.9. The molecule has 2 aromatic carbocycles. The molecule has 1 aliphatic rings. The van der Waals surface area contributed by atoms with Crippen molar-refractivity contribution in [2.75, 3.05) is 40.9 Å². The zero-order chi connectivity index (χ0) is 24.1. The first kappa shape index (κ1) is 24.8. The first-order chi connectivity index (χ1) is 15.8. The minimum absolute atomic E-state index is 0.0680. The second kappa shape index (κ2) is 10.9. The molecular weight excluding hydrogens is 488 g/mol. The van der Waals surface area contributed by atoms with Crippen LogP contribution < -0.4 is 9.47 Å². The van der Waals surface area contributed by atoms with E-state index in [1.54, 1.807) is 42.5 Å². The number of methoxy groups -OCH3 is 1. The molecule has 2 aromatic rings. The fourth-order valence-corrected chi connectivity index (χ4v) is 4.17. The maximum Gasteiger partial charge on any atom is 0.295 e. The van der Waals surface area contributed by atoms with Gasteiger partial charge in [-0.3, -0.25) is 9.59 Å². The van der Waals surface area contributed by atoms with Gasteiger partial charge in [-0.25, -0.2) is 0 Å². The summed E-state index contributed by atoms with van der Waals surface area (Å²) in [6.45, 7) is 3.49. The molecule has 8 heteroatoms. The first-order valence-electron chi connectivity index (χ1n) is 10.8. The Bertz CT molecular complexity index is 1050. The van der Waals surface area contributed by atoms with Gasteiger partial charge in [0, 0.05) is 16.6 Å². The number of amides is 1. The molecule has 1 amide bonds. The highest BCUT2D eigenvalue weighted by Crippen LogP contribution is 2.42. The molecule has 3 rings (SSSR count). The van der Waals surface area contributed by atoms with Crippen molar-refractivity contribution in [3.05, 3.63) is 63.6 Å². The number of aliphatic hydroxyl groups excluding tert-OH is 1. The van der Waals surface area contributed by atoms with Gasteiger partial charge in [0.05, 0.1) is 25.3 Å². The lowest BCUT2D eigenvalue weighted by atomic mass is 9.95. The molecule has 0 aliphatic carbocycles. The Kier molecular flexibility index (Phi) is 8.15. The summed E-state index contributed by atoms with van der Waals surface area (Å²) in [5.74, 6) is -0.449. The molecule has 1 heterocycles. The summed E-state index contributed by atoms with van der Waals surface area (Å²) in [5.41, 5.74) is 1.20. The van der Waals surface area contributed by atoms with Crippen LogP contribution in [0.3, 0.4) is 0 Å². The number of hydrogen-bond acceptors (Lipinski definition) is 6. The Hall–Kier alpha value is -2.84. The number of carbonyl (C=O) groups is 2. The Balaban J connectivity index is 2.12. The van der Waals surface area contributed by atoms with Crippen LogP contribution in [-0.2, 0) is 9.59 Å². The molecule has 1 fully saturated rings. The largest absolute Gasteiger partial charge is 0.507 e. The minimum atomic E-state index is -0.736. The average Bonchev–Trinajstić information content (AvgIpc) is 3.04. The molecule has 33 heavy (non-hydrogen) atoms. The Morgan fingerprint density at radius 2 is 1.82 bits per heavy atom. The lowest BCUT2D eigenvalue weighted by molar-refractivity contribution is -0.139. The third-order valence-electron chi connectivity index (χ3n) is 5.47. The molecule has 1 N–H and O–H groups in total. The van der Waals surface area contributed by atoms with E-state index in [9.17, 15) is 14.7 Å². The van der Waals surface area contributed by atoms with E-state index in [0.717, 1.165) is 11.0 Å². The van der Waals surface area contributed by atoms with Crippen LogP contribution >= 0.6 is 15.9 Å². The highest BCUT2D eigenvalue weighted by Gasteiger charge is 2.46. The van der Waals surface area contributed by atoms with Crippen LogP contribution in [-0.4, -0.2) is 67.5 Å². The van der Waals surface area contributed by atoms with E-state index in [4.69, 9.17) is 9.47 Å². The number of ketones is 1. The van der Waals surface area contributed by atoms with Gasteiger partial charge in [0.25, 0.3) is 11.7 Å². The van der Waals surface area contributed by atoms with Crippen molar-refractivity contribution >= 4 is 33.4 Å². The van der Waals surface area contributed by atoms with Crippen molar-refractivity contribution in [3.63, 3.8) is 0 Å². The summed E-state index contributed by atoms with van der Waals surface area (Å²) < 4.78 is 11.9. The van der Waals surface area contributed by atoms with Gasteiger partial charge in [-0.15, -0.1) is 0 Å². The molecule has 1 atom stereocenters. The Morgan fingerprint density at radius 3 is 2.42 bits per heavy atom. The number of carbonyl (C=O) groups excluding carboxylic acids is 2. The fourth-order valence-electron chi connectivity index (χ4n) is 3.91. The van der Waals surface area contributed by atoms with Crippen LogP contribution in [0.25, 0.3) is 5.76 Å². The lowest BCUT2D eigenvalue weighted by Crippen LogP contribution is -2.32. The maximum absolute atomic E-state index is 13.1. The molecule has 0 radical (unpaired) electrons. The van der Waals surface area contributed by atoms with E-state index in [1.807, 2.05) is 25.9 Å². The van der Waals surface area contributed by atoms with Crippen LogP contribution in [0.2, 0.25) is 0 Å². The van der Waals surface area contributed by atoms with Crippen LogP contribution in [0.4, 0.5) is 0 Å². The van der Waals surface area contributed by atoms with Gasteiger partial charge in [0.2, 0.25) is 0 Å². The number of nitrogens with zero attached hydrogens (tertiary/aromatic N) is 2. The van der Waals surface area contributed by atoms with Crippen molar-refractivity contribution in [1.29, 1.82) is 0 Å². The summed E-state index contributed by atoms with van der Waals surface area (Å²) in [7, 11) is 5.45. The highest BCUT2D eigenvalue weighted by molar-refractivity contribution is 9.10. The number of ether oxygens (including phenoxy) is 2. The minimum Gasteiger partial charge on any atom is -0.507 e. The summed E-state index contributed by atoms with van der Waals surface area (Å²) in [4.78, 5) is 29.7. The third kappa shape index (κ3) is 5.39. The molecule has 0 spiro atoms. The number of likely N-dealkylation sites (tertiary alicyclic amines) is 1. The van der Waals surface area contributed by atoms with Crippen molar-refractivity contribution in [2.45, 2.75) is 19.4 Å². The van der Waals surface area contributed by atoms with Gasteiger partial charge in [-0.1, -0.05) is 34.1 Å². The molecule has 7 nitrogen and oxygen atoms in total. The van der Waals surface area contributed by atoms with Crippen molar-refractivity contribution in [1.82, 2.24) is 9.80 Å². The van der Waals surface area contributed by atoms with Crippen LogP contribution in [0, 0.1) is 0 Å². The molecule has 176 valence electrons. The first-order valence-corrected chi connectivity index (χ1v) is 11.6. The molecule has 0 bridgehead atoms. The monoisotopic (exact) mass is 516 g/mol. The predicted octanol–water partition coefficient (Wildman–Crippen LogP) is 4.23. The number of rotatable bonds is 9. The quantitative estimate of drug-likeness (QED) is 0.305. The van der Waals surface area contributed by atoms with E-state index >= 15 is 0 Å². The molecule has 1 unspecified atom stereocenters. The summed E-state index contributed by atoms with van der Waals surface area (Å²) >= 11 is 3.38. The van der Waals surface area contributed by atoms with Crippen LogP contribution in [0.5, 0.6) is 11.5 Å². The number of hydrogen-bond donors (Lipinski definition) is 1. The van der Waals surface area contributed by atoms with Crippen molar-refractivity contribution in [3.8, 4) is 11.5 Å².